The van der Waals surface area contributed by atoms with Crippen LogP contribution in [0.25, 0.3) is 0 Å². The van der Waals surface area contributed by atoms with E-state index in [4.69, 9.17) is 9.15 Å². The minimum atomic E-state index is -1.11. The van der Waals surface area contributed by atoms with Crippen molar-refractivity contribution in [3.8, 4) is 0 Å². The maximum absolute atomic E-state index is 12.8. The lowest BCUT2D eigenvalue weighted by Gasteiger charge is -2.44. The summed E-state index contributed by atoms with van der Waals surface area (Å²) in [5, 5.41) is 9.49. The summed E-state index contributed by atoms with van der Waals surface area (Å²) in [6.07, 6.45) is 2.12. The molecule has 3 rings (SSSR count). The number of carboxylic acid groups (broad SMARTS) is 1. The van der Waals surface area contributed by atoms with E-state index in [1.165, 1.54) is 17.2 Å². The Morgan fingerprint density at radius 3 is 2.48 bits per heavy atom. The zero-order valence-electron chi connectivity index (χ0n) is 14.3. The molecule has 2 fully saturated rings. The number of furan rings is 1. The van der Waals surface area contributed by atoms with Gasteiger partial charge in [-0.05, 0) is 12.1 Å². The third-order valence-corrected chi connectivity index (χ3v) is 4.85. The van der Waals surface area contributed by atoms with Gasteiger partial charge in [0.25, 0.3) is 5.91 Å². The molecule has 1 N–H and O–H groups in total. The van der Waals surface area contributed by atoms with Gasteiger partial charge in [-0.15, -0.1) is 0 Å². The quantitative estimate of drug-likeness (QED) is 0.879. The Hall–Kier alpha value is -2.35. The fourth-order valence-corrected chi connectivity index (χ4v) is 3.52. The first-order chi connectivity index (χ1) is 11.9. The van der Waals surface area contributed by atoms with Crippen molar-refractivity contribution in [3.05, 3.63) is 24.2 Å². The second-order valence-electron chi connectivity index (χ2n) is 6.74. The number of hydrogen-bond donors (Lipinski definition) is 1. The Bertz CT molecular complexity index is 661. The monoisotopic (exact) mass is 350 g/mol. The summed E-state index contributed by atoms with van der Waals surface area (Å²) in [5.74, 6) is -1.59. The van der Waals surface area contributed by atoms with Crippen molar-refractivity contribution in [2.24, 2.45) is 5.92 Å². The zero-order valence-corrected chi connectivity index (χ0v) is 14.3. The van der Waals surface area contributed by atoms with Crippen LogP contribution in [0.15, 0.2) is 22.8 Å². The average molecular weight is 350 g/mol. The van der Waals surface area contributed by atoms with Gasteiger partial charge in [-0.2, -0.15) is 0 Å². The number of amides is 2. The highest BCUT2D eigenvalue weighted by Crippen LogP contribution is 2.38. The third-order valence-electron chi connectivity index (χ3n) is 4.85. The van der Waals surface area contributed by atoms with E-state index in [0.717, 1.165) is 0 Å². The minimum Gasteiger partial charge on any atom is -0.480 e. The molecule has 8 heteroatoms. The molecular weight excluding hydrogens is 328 g/mol. The Morgan fingerprint density at radius 1 is 1.28 bits per heavy atom. The molecular formula is C17H22N2O6. The molecule has 1 aromatic rings. The van der Waals surface area contributed by atoms with Gasteiger partial charge in [-0.25, -0.2) is 4.79 Å². The molecule has 0 unspecified atom stereocenters. The summed E-state index contributed by atoms with van der Waals surface area (Å²) in [7, 11) is 0. The molecule has 0 aromatic carbocycles. The number of hydrogen-bond acceptors (Lipinski definition) is 5. The van der Waals surface area contributed by atoms with Gasteiger partial charge in [0.1, 0.15) is 5.72 Å². The summed E-state index contributed by atoms with van der Waals surface area (Å²) in [6.45, 7) is 4.45. The molecule has 0 radical (unpaired) electrons. The Kier molecular flexibility index (Phi) is 4.55. The Balaban J connectivity index is 1.84. The number of aliphatic carboxylic acids is 1. The summed E-state index contributed by atoms with van der Waals surface area (Å²) in [5.41, 5.74) is -1.01. The van der Waals surface area contributed by atoms with Crippen molar-refractivity contribution in [1.82, 2.24) is 9.80 Å². The minimum absolute atomic E-state index is 0.0477. The predicted octanol–water partition coefficient (Wildman–Crippen LogP) is 1.18. The van der Waals surface area contributed by atoms with Gasteiger partial charge >= 0.3 is 5.97 Å². The van der Waals surface area contributed by atoms with Gasteiger partial charge in [0.15, 0.2) is 11.8 Å². The highest BCUT2D eigenvalue weighted by molar-refractivity contribution is 5.95. The molecule has 8 nitrogen and oxygen atoms in total. The van der Waals surface area contributed by atoms with Gasteiger partial charge in [0, 0.05) is 31.8 Å². The second kappa shape index (κ2) is 6.51. The van der Waals surface area contributed by atoms with E-state index in [0.29, 0.717) is 25.9 Å². The molecule has 3 heterocycles. The molecule has 0 saturated carbocycles. The number of nitrogens with zero attached hydrogens (tertiary/aromatic N) is 2. The Morgan fingerprint density at radius 2 is 1.96 bits per heavy atom. The largest absolute Gasteiger partial charge is 0.480 e. The number of likely N-dealkylation sites (tertiary alicyclic amines) is 1. The van der Waals surface area contributed by atoms with Crippen LogP contribution in [0.1, 0.15) is 37.2 Å². The molecule has 1 spiro atoms. The van der Waals surface area contributed by atoms with Gasteiger partial charge in [-0.1, -0.05) is 13.8 Å². The molecule has 1 aromatic heterocycles. The number of carbonyl (C=O) groups excluding carboxylic acids is 2. The molecule has 2 amide bonds. The van der Waals surface area contributed by atoms with E-state index in [-0.39, 0.29) is 24.2 Å². The van der Waals surface area contributed by atoms with Crippen LogP contribution in [0.4, 0.5) is 0 Å². The van der Waals surface area contributed by atoms with E-state index < -0.39 is 23.6 Å². The molecule has 1 atom stereocenters. The number of carboxylic acids is 1. The van der Waals surface area contributed by atoms with Crippen LogP contribution in [0.5, 0.6) is 0 Å². The predicted molar refractivity (Wildman–Crippen MR) is 85.6 cm³/mol. The standard InChI is InChI=1S/C17H22N2O6/c1-11(2)14(20)18-7-5-17(6-8-18)19(12(10-25-17)16(22)23)15(21)13-4-3-9-24-13/h3-4,9,11-12H,5-8,10H2,1-2H3,(H,22,23)/t12-/m0/s1. The van der Waals surface area contributed by atoms with Crippen molar-refractivity contribution in [2.75, 3.05) is 19.7 Å². The summed E-state index contributed by atoms with van der Waals surface area (Å²) in [4.78, 5) is 39.6. The number of piperidine rings is 1. The fourth-order valence-electron chi connectivity index (χ4n) is 3.52. The summed E-state index contributed by atoms with van der Waals surface area (Å²) < 4.78 is 11.0. The maximum Gasteiger partial charge on any atom is 0.328 e. The lowest BCUT2D eigenvalue weighted by atomic mass is 9.96. The van der Waals surface area contributed by atoms with Crippen LogP contribution in [0.3, 0.4) is 0 Å². The molecule has 25 heavy (non-hydrogen) atoms. The molecule has 0 aliphatic carbocycles. The SMILES string of the molecule is CC(C)C(=O)N1CCC2(CC1)OC[C@@H](C(=O)O)N2C(=O)c1ccco1. The topological polar surface area (TPSA) is 100 Å². The molecule has 2 saturated heterocycles. The molecule has 136 valence electrons. The van der Waals surface area contributed by atoms with E-state index in [1.54, 1.807) is 11.0 Å². The average Bonchev–Trinajstić information content (AvgIpc) is 3.23. The lowest BCUT2D eigenvalue weighted by Crippen LogP contribution is -2.59. The van der Waals surface area contributed by atoms with Crippen LogP contribution in [-0.2, 0) is 14.3 Å². The highest BCUT2D eigenvalue weighted by atomic mass is 16.5. The van der Waals surface area contributed by atoms with E-state index >= 15 is 0 Å². The van der Waals surface area contributed by atoms with Crippen LogP contribution in [-0.4, -0.2) is 64.2 Å². The molecule has 0 bridgehead atoms. The molecule has 2 aliphatic heterocycles. The number of rotatable bonds is 3. The van der Waals surface area contributed by atoms with Gasteiger partial charge < -0.3 is 19.2 Å². The second-order valence-corrected chi connectivity index (χ2v) is 6.74. The maximum atomic E-state index is 12.8. The molecule has 2 aliphatic rings. The third kappa shape index (κ3) is 3.02. The normalized spacial score (nSPS) is 22.6. The first-order valence-electron chi connectivity index (χ1n) is 8.38. The van der Waals surface area contributed by atoms with Gasteiger partial charge in [0.05, 0.1) is 12.9 Å². The van der Waals surface area contributed by atoms with Crippen molar-refractivity contribution in [3.63, 3.8) is 0 Å². The first-order valence-corrected chi connectivity index (χ1v) is 8.38. The van der Waals surface area contributed by atoms with Gasteiger partial charge in [-0.3, -0.25) is 14.5 Å². The fraction of sp³-hybridized carbons (Fsp3) is 0.588. The van der Waals surface area contributed by atoms with Crippen molar-refractivity contribution in [2.45, 2.75) is 38.5 Å². The van der Waals surface area contributed by atoms with Crippen molar-refractivity contribution >= 4 is 17.8 Å². The van der Waals surface area contributed by atoms with E-state index in [9.17, 15) is 19.5 Å². The van der Waals surface area contributed by atoms with E-state index in [2.05, 4.69) is 0 Å². The van der Waals surface area contributed by atoms with Crippen molar-refractivity contribution < 1.29 is 28.6 Å². The van der Waals surface area contributed by atoms with E-state index in [1.807, 2.05) is 13.8 Å². The van der Waals surface area contributed by atoms with Crippen molar-refractivity contribution in [1.29, 1.82) is 0 Å². The smallest absolute Gasteiger partial charge is 0.328 e. The zero-order chi connectivity index (χ0) is 18.2. The number of carbonyl (C=O) groups is 3. The van der Waals surface area contributed by atoms with Gasteiger partial charge in [0.2, 0.25) is 5.91 Å². The summed E-state index contributed by atoms with van der Waals surface area (Å²) >= 11 is 0. The van der Waals surface area contributed by atoms with Crippen LogP contribution < -0.4 is 0 Å². The van der Waals surface area contributed by atoms with Crippen LogP contribution in [0, 0.1) is 5.92 Å². The lowest BCUT2D eigenvalue weighted by molar-refractivity contribution is -0.149. The summed E-state index contributed by atoms with van der Waals surface area (Å²) in [6, 6.07) is 2.02. The van der Waals surface area contributed by atoms with Crippen LogP contribution in [0.2, 0.25) is 0 Å². The highest BCUT2D eigenvalue weighted by Gasteiger charge is 2.54. The Labute approximate surface area is 145 Å². The first kappa shape index (κ1) is 17.5. The number of ether oxygens (including phenoxy) is 1. The van der Waals surface area contributed by atoms with Crippen LogP contribution >= 0.6 is 0 Å².